The number of halogens is 1. The molecule has 0 unspecified atom stereocenters. The number of nitrogens with one attached hydrogen (secondary N) is 1. The highest BCUT2D eigenvalue weighted by atomic mass is 79.9. The van der Waals surface area contributed by atoms with Crippen LogP contribution in [0.25, 0.3) is 6.08 Å². The minimum Gasteiger partial charge on any atom is -0.493 e. The highest BCUT2D eigenvalue weighted by Crippen LogP contribution is 2.36. The molecule has 0 heterocycles. The van der Waals surface area contributed by atoms with Gasteiger partial charge in [0.15, 0.2) is 11.5 Å². The van der Waals surface area contributed by atoms with E-state index < -0.39 is 12.0 Å². The van der Waals surface area contributed by atoms with Gasteiger partial charge in [0.25, 0.3) is 0 Å². The van der Waals surface area contributed by atoms with E-state index in [1.165, 1.54) is 13.2 Å². The van der Waals surface area contributed by atoms with E-state index in [0.29, 0.717) is 10.2 Å². The topological polar surface area (TPSA) is 90.7 Å². The van der Waals surface area contributed by atoms with Crippen molar-refractivity contribution in [3.63, 3.8) is 0 Å². The number of hydrogen-bond donors (Lipinski definition) is 2. The number of esters is 1. The largest absolute Gasteiger partial charge is 0.493 e. The van der Waals surface area contributed by atoms with Gasteiger partial charge in [0, 0.05) is 12.6 Å². The highest BCUT2D eigenvalue weighted by molar-refractivity contribution is 9.10. The number of primary amides is 1. The number of methoxy groups -OCH3 is 1. The molecule has 0 aliphatic heterocycles. The van der Waals surface area contributed by atoms with Crippen molar-refractivity contribution >= 4 is 34.0 Å². The van der Waals surface area contributed by atoms with E-state index in [-0.39, 0.29) is 12.3 Å². The molecule has 6 nitrogen and oxygen atoms in total. The van der Waals surface area contributed by atoms with Crippen LogP contribution in [0.3, 0.4) is 0 Å². The van der Waals surface area contributed by atoms with E-state index in [2.05, 4.69) is 21.2 Å². The summed E-state index contributed by atoms with van der Waals surface area (Å²) in [6.45, 7) is 0.229. The smallest absolute Gasteiger partial charge is 0.336 e. The Kier molecular flexibility index (Phi) is 6.59. The molecular formula is C18H17BrN2O4. The summed E-state index contributed by atoms with van der Waals surface area (Å²) in [6, 6.07) is 12.1. The highest BCUT2D eigenvalue weighted by Gasteiger charge is 2.14. The monoisotopic (exact) mass is 404 g/mol. The minimum absolute atomic E-state index is 0.229. The summed E-state index contributed by atoms with van der Waals surface area (Å²) in [6.07, 6.45) is 3.00. The van der Waals surface area contributed by atoms with Gasteiger partial charge in [-0.05, 0) is 45.3 Å². The van der Waals surface area contributed by atoms with Crippen LogP contribution in [0, 0.1) is 0 Å². The molecule has 130 valence electrons. The van der Waals surface area contributed by atoms with Crippen LogP contribution in [-0.4, -0.2) is 19.1 Å². The molecule has 2 rings (SSSR count). The Labute approximate surface area is 153 Å². The second kappa shape index (κ2) is 8.89. The van der Waals surface area contributed by atoms with E-state index >= 15 is 0 Å². The lowest BCUT2D eigenvalue weighted by Gasteiger charge is -2.12. The number of urea groups is 1. The predicted octanol–water partition coefficient (Wildman–Crippen LogP) is 3.24. The fourth-order valence-electron chi connectivity index (χ4n) is 2.03. The average Bonchev–Trinajstić information content (AvgIpc) is 2.60. The van der Waals surface area contributed by atoms with Crippen LogP contribution in [-0.2, 0) is 11.3 Å². The van der Waals surface area contributed by atoms with Gasteiger partial charge in [-0.15, -0.1) is 0 Å². The molecule has 0 atom stereocenters. The summed E-state index contributed by atoms with van der Waals surface area (Å²) >= 11 is 3.35. The normalized spacial score (nSPS) is 10.5. The molecular weight excluding hydrogens is 388 g/mol. The molecule has 0 aliphatic carbocycles. The molecule has 7 heteroatoms. The third kappa shape index (κ3) is 5.65. The van der Waals surface area contributed by atoms with E-state index in [1.807, 2.05) is 30.3 Å². The van der Waals surface area contributed by atoms with Crippen LogP contribution >= 0.6 is 15.9 Å². The van der Waals surface area contributed by atoms with Crippen molar-refractivity contribution in [3.8, 4) is 11.5 Å². The fraction of sp³-hybridized carbons (Fsp3) is 0.111. The van der Waals surface area contributed by atoms with Crippen LogP contribution in [0.2, 0.25) is 0 Å². The zero-order valence-corrected chi connectivity index (χ0v) is 15.1. The third-order valence-corrected chi connectivity index (χ3v) is 3.76. The van der Waals surface area contributed by atoms with Crippen LogP contribution in [0.15, 0.2) is 53.0 Å². The molecule has 0 saturated carbocycles. The number of nitrogens with two attached hydrogens (primary N) is 1. The number of ether oxygens (including phenoxy) is 2. The third-order valence-electron chi connectivity index (χ3n) is 3.17. The molecule has 0 saturated heterocycles. The van der Waals surface area contributed by atoms with Crippen LogP contribution in [0.5, 0.6) is 11.5 Å². The second-order valence-corrected chi connectivity index (χ2v) is 5.85. The number of rotatable bonds is 6. The lowest BCUT2D eigenvalue weighted by molar-refractivity contribution is -0.129. The Balaban J connectivity index is 2.13. The lowest BCUT2D eigenvalue weighted by atomic mass is 10.2. The zero-order chi connectivity index (χ0) is 18.2. The van der Waals surface area contributed by atoms with Crippen LogP contribution in [0.4, 0.5) is 4.79 Å². The summed E-state index contributed by atoms with van der Waals surface area (Å²) in [5.74, 6) is 0.0796. The molecule has 0 bridgehead atoms. The average molecular weight is 405 g/mol. The Morgan fingerprint density at radius 2 is 1.96 bits per heavy atom. The van der Waals surface area contributed by atoms with Gasteiger partial charge in [-0.25, -0.2) is 9.59 Å². The maximum absolute atomic E-state index is 12.0. The Hall–Kier alpha value is -2.80. The van der Waals surface area contributed by atoms with Gasteiger partial charge < -0.3 is 20.5 Å². The van der Waals surface area contributed by atoms with Crippen molar-refractivity contribution in [1.29, 1.82) is 0 Å². The number of carbonyl (C=O) groups is 2. The summed E-state index contributed by atoms with van der Waals surface area (Å²) in [4.78, 5) is 22.9. The fourth-order valence-corrected chi connectivity index (χ4v) is 2.60. The summed E-state index contributed by atoms with van der Waals surface area (Å²) in [5.41, 5.74) is 6.68. The van der Waals surface area contributed by atoms with Gasteiger partial charge in [-0.3, -0.25) is 0 Å². The lowest BCUT2D eigenvalue weighted by Crippen LogP contribution is -2.28. The standard InChI is InChI=1S/C18H17BrN2O4/c1-24-15-10-13(11-21-18(20)23)9-14(19)17(15)25-16(22)8-7-12-5-3-2-4-6-12/h2-10H,11H2,1H3,(H3,20,21,23)/b8-7+. The first-order valence-corrected chi connectivity index (χ1v) is 8.13. The Morgan fingerprint density at radius 3 is 2.60 bits per heavy atom. The van der Waals surface area contributed by atoms with Crippen molar-refractivity contribution < 1.29 is 19.1 Å². The van der Waals surface area contributed by atoms with E-state index in [0.717, 1.165) is 11.1 Å². The molecule has 0 spiro atoms. The van der Waals surface area contributed by atoms with Crippen molar-refractivity contribution in [2.24, 2.45) is 5.73 Å². The number of benzene rings is 2. The van der Waals surface area contributed by atoms with Crippen molar-refractivity contribution in [2.75, 3.05) is 7.11 Å². The van der Waals surface area contributed by atoms with Crippen LogP contribution in [0.1, 0.15) is 11.1 Å². The zero-order valence-electron chi connectivity index (χ0n) is 13.5. The Morgan fingerprint density at radius 1 is 1.24 bits per heavy atom. The number of amides is 2. The molecule has 0 aliphatic rings. The van der Waals surface area contributed by atoms with Gasteiger partial charge >= 0.3 is 12.0 Å². The van der Waals surface area contributed by atoms with Crippen molar-refractivity contribution in [3.05, 3.63) is 64.1 Å². The predicted molar refractivity (Wildman–Crippen MR) is 98.2 cm³/mol. The number of hydrogen-bond acceptors (Lipinski definition) is 4. The molecule has 25 heavy (non-hydrogen) atoms. The molecule has 0 aromatic heterocycles. The quantitative estimate of drug-likeness (QED) is 0.439. The number of carbonyl (C=O) groups excluding carboxylic acids is 2. The molecule has 2 aromatic rings. The summed E-state index contributed by atoms with van der Waals surface area (Å²) in [5, 5.41) is 2.48. The first-order chi connectivity index (χ1) is 12.0. The van der Waals surface area contributed by atoms with Crippen molar-refractivity contribution in [1.82, 2.24) is 5.32 Å². The molecule has 0 fully saturated rings. The van der Waals surface area contributed by atoms with Gasteiger partial charge in [0.2, 0.25) is 0 Å². The van der Waals surface area contributed by atoms with E-state index in [4.69, 9.17) is 15.2 Å². The summed E-state index contributed by atoms with van der Waals surface area (Å²) < 4.78 is 11.1. The SMILES string of the molecule is COc1cc(CNC(N)=O)cc(Br)c1OC(=O)/C=C/c1ccccc1. The van der Waals surface area contributed by atoms with Gasteiger partial charge in [-0.1, -0.05) is 30.3 Å². The van der Waals surface area contributed by atoms with E-state index in [1.54, 1.807) is 18.2 Å². The second-order valence-electron chi connectivity index (χ2n) is 4.99. The summed E-state index contributed by atoms with van der Waals surface area (Å²) in [7, 11) is 1.46. The molecule has 0 radical (unpaired) electrons. The minimum atomic E-state index is -0.628. The molecule has 3 N–H and O–H groups in total. The van der Waals surface area contributed by atoms with Gasteiger partial charge in [0.1, 0.15) is 0 Å². The van der Waals surface area contributed by atoms with Gasteiger partial charge in [-0.2, -0.15) is 0 Å². The first-order valence-electron chi connectivity index (χ1n) is 7.34. The first kappa shape index (κ1) is 18.5. The van der Waals surface area contributed by atoms with Gasteiger partial charge in [0.05, 0.1) is 11.6 Å². The maximum atomic E-state index is 12.0. The Bertz CT molecular complexity index is 791. The molecule has 2 amide bonds. The van der Waals surface area contributed by atoms with Crippen molar-refractivity contribution in [2.45, 2.75) is 6.54 Å². The maximum Gasteiger partial charge on any atom is 0.336 e. The molecule has 2 aromatic carbocycles. The van der Waals surface area contributed by atoms with E-state index in [9.17, 15) is 9.59 Å². The van der Waals surface area contributed by atoms with Crippen LogP contribution < -0.4 is 20.5 Å².